The molecule has 1 aromatic heterocycles. The number of carbonyl (C=O) groups is 2. The fourth-order valence-electron chi connectivity index (χ4n) is 9.02. The molecule has 1 spiro atoms. The highest BCUT2D eigenvalue weighted by atomic mass is 35.5. The zero-order valence-corrected chi connectivity index (χ0v) is 21.6. The van der Waals surface area contributed by atoms with Gasteiger partial charge in [-0.25, -0.2) is 9.18 Å². The number of fused-ring (bicyclic) bond motifs is 3. The average molecular weight is 532 g/mol. The monoisotopic (exact) mass is 531 g/mol. The number of carbonyl (C=O) groups excluding carboxylic acids is 2. The maximum atomic E-state index is 13.7. The van der Waals surface area contributed by atoms with E-state index in [4.69, 9.17) is 28.9 Å². The Morgan fingerprint density at radius 1 is 1.19 bits per heavy atom. The molecule has 2 heterocycles. The lowest BCUT2D eigenvalue weighted by Gasteiger charge is -2.63. The summed E-state index contributed by atoms with van der Waals surface area (Å²) in [5.41, 5.74) is 7.44. The Balaban J connectivity index is 1.17. The van der Waals surface area contributed by atoms with E-state index in [0.717, 1.165) is 32.1 Å². The Morgan fingerprint density at radius 2 is 2.00 bits per heavy atom. The number of rotatable bonds is 3. The van der Waals surface area contributed by atoms with Crippen LogP contribution < -0.4 is 11.1 Å². The van der Waals surface area contributed by atoms with Gasteiger partial charge in [0.05, 0.1) is 39.8 Å². The van der Waals surface area contributed by atoms with Crippen molar-refractivity contribution in [2.45, 2.75) is 69.0 Å². The number of alkyl halides is 1. The summed E-state index contributed by atoms with van der Waals surface area (Å²) in [6, 6.07) is 4.07. The van der Waals surface area contributed by atoms with Gasteiger partial charge in [-0.05, 0) is 68.1 Å². The smallest absolute Gasteiger partial charge is 0.318 e. The van der Waals surface area contributed by atoms with Crippen LogP contribution in [0.15, 0.2) is 18.2 Å². The molecule has 4 fully saturated rings. The second-order valence-corrected chi connectivity index (χ2v) is 13.3. The molecular formula is C26H28Cl2FN5O2. The van der Waals surface area contributed by atoms with Crippen molar-refractivity contribution in [3.05, 3.63) is 40.3 Å². The van der Waals surface area contributed by atoms with Gasteiger partial charge in [-0.3, -0.25) is 9.48 Å². The Labute approximate surface area is 218 Å². The van der Waals surface area contributed by atoms with Gasteiger partial charge in [0.25, 0.3) is 5.91 Å². The van der Waals surface area contributed by atoms with Crippen LogP contribution in [-0.2, 0) is 13.1 Å². The van der Waals surface area contributed by atoms with Gasteiger partial charge in [0.2, 0.25) is 0 Å². The van der Waals surface area contributed by atoms with Gasteiger partial charge in [-0.1, -0.05) is 18.5 Å². The summed E-state index contributed by atoms with van der Waals surface area (Å²) in [6.45, 7) is 3.46. The minimum Gasteiger partial charge on any atom is -0.365 e. The van der Waals surface area contributed by atoms with Crippen LogP contribution in [0.3, 0.4) is 0 Å². The molecule has 7 nitrogen and oxygen atoms in total. The molecule has 2 aromatic rings. The third-order valence-electron chi connectivity index (χ3n) is 9.90. The number of halogens is 3. The van der Waals surface area contributed by atoms with Gasteiger partial charge in [-0.2, -0.15) is 5.10 Å². The number of urea groups is 1. The Morgan fingerprint density at radius 3 is 2.75 bits per heavy atom. The first-order valence-corrected chi connectivity index (χ1v) is 13.3. The van der Waals surface area contributed by atoms with Crippen molar-refractivity contribution in [1.29, 1.82) is 0 Å². The Hall–Kier alpha value is -2.32. The molecule has 5 atom stereocenters. The zero-order chi connectivity index (χ0) is 25.3. The molecule has 5 aliphatic rings. The van der Waals surface area contributed by atoms with E-state index < -0.39 is 11.7 Å². The minimum atomic E-state index is -0.646. The van der Waals surface area contributed by atoms with Crippen molar-refractivity contribution in [2.24, 2.45) is 22.5 Å². The predicted octanol–water partition coefficient (Wildman–Crippen LogP) is 4.69. The van der Waals surface area contributed by atoms with E-state index in [2.05, 4.69) is 17.3 Å². The first-order valence-electron chi connectivity index (χ1n) is 12.6. The van der Waals surface area contributed by atoms with Crippen LogP contribution in [0.2, 0.25) is 5.02 Å². The first kappa shape index (κ1) is 22.8. The molecule has 4 aliphatic carbocycles. The van der Waals surface area contributed by atoms with Crippen molar-refractivity contribution in [1.82, 2.24) is 20.0 Å². The summed E-state index contributed by atoms with van der Waals surface area (Å²) >= 11 is 13.2. The summed E-state index contributed by atoms with van der Waals surface area (Å²) in [6.07, 6.45) is 6.25. The van der Waals surface area contributed by atoms with Gasteiger partial charge in [0.15, 0.2) is 0 Å². The summed E-state index contributed by atoms with van der Waals surface area (Å²) in [5.74, 6) is -0.587. The van der Waals surface area contributed by atoms with Gasteiger partial charge in [0, 0.05) is 17.5 Å². The first-order chi connectivity index (χ1) is 17.0. The maximum Gasteiger partial charge on any atom is 0.318 e. The standard InChI is InChI=1S/C26H28Cl2FN5O2/c1-23-7-14-8-24(11-23)25(28,12-23)13-26(24,9-14)31-22(36)33-4-5-34-18(10-33)19(21(30)35)20(32-34)15-2-3-17(29)16(27)6-15/h2-3,6,14H,4-5,7-13H2,1H3,(H2,30,35)(H,31,36). The van der Waals surface area contributed by atoms with Crippen molar-refractivity contribution >= 4 is 35.1 Å². The summed E-state index contributed by atoms with van der Waals surface area (Å²) < 4.78 is 15.4. The second-order valence-electron chi connectivity index (χ2n) is 12.2. The molecule has 4 saturated carbocycles. The zero-order valence-electron chi connectivity index (χ0n) is 20.0. The molecule has 190 valence electrons. The number of amides is 3. The molecule has 0 radical (unpaired) electrons. The summed E-state index contributed by atoms with van der Waals surface area (Å²) in [5, 5.41) is 7.97. The quantitative estimate of drug-likeness (QED) is 0.562. The van der Waals surface area contributed by atoms with E-state index in [1.54, 1.807) is 9.58 Å². The Kier molecular flexibility index (Phi) is 4.41. The molecule has 3 bridgehead atoms. The predicted molar refractivity (Wildman–Crippen MR) is 133 cm³/mol. The number of primary amides is 1. The lowest BCUT2D eigenvalue weighted by molar-refractivity contribution is -0.0309. The molecule has 10 heteroatoms. The van der Waals surface area contributed by atoms with Crippen LogP contribution in [0.25, 0.3) is 11.3 Å². The van der Waals surface area contributed by atoms with Crippen LogP contribution in [0, 0.1) is 22.6 Å². The highest BCUT2D eigenvalue weighted by Crippen LogP contribution is 2.83. The van der Waals surface area contributed by atoms with E-state index in [-0.39, 0.29) is 44.4 Å². The van der Waals surface area contributed by atoms with Gasteiger partial charge < -0.3 is 16.0 Å². The van der Waals surface area contributed by atoms with Crippen molar-refractivity contribution in [3.8, 4) is 11.3 Å². The molecular weight excluding hydrogens is 504 g/mol. The minimum absolute atomic E-state index is 0.0140. The lowest BCUT2D eigenvalue weighted by Crippen LogP contribution is -2.74. The summed E-state index contributed by atoms with van der Waals surface area (Å²) in [7, 11) is 0. The fourth-order valence-corrected chi connectivity index (χ4v) is 10.1. The third kappa shape index (κ3) is 2.77. The third-order valence-corrected chi connectivity index (χ3v) is 10.8. The topological polar surface area (TPSA) is 93.2 Å². The number of nitrogens with zero attached hydrogens (tertiary/aromatic N) is 3. The van der Waals surface area contributed by atoms with Gasteiger partial charge in [0.1, 0.15) is 11.5 Å². The molecule has 36 heavy (non-hydrogen) atoms. The molecule has 7 rings (SSSR count). The van der Waals surface area contributed by atoms with E-state index >= 15 is 0 Å². The van der Waals surface area contributed by atoms with Gasteiger partial charge in [-0.15, -0.1) is 11.6 Å². The molecule has 1 aromatic carbocycles. The van der Waals surface area contributed by atoms with Crippen LogP contribution in [-0.4, -0.2) is 43.6 Å². The number of nitrogens with one attached hydrogen (secondary N) is 1. The maximum absolute atomic E-state index is 13.7. The SMILES string of the molecule is CC12CC3CC4(NC(=O)N5CCn6nc(-c7ccc(F)c(Cl)c7)c(C(N)=O)c6C5)CC(Cl)(C1)C4(C3)C2. The van der Waals surface area contributed by atoms with Crippen LogP contribution in [0.5, 0.6) is 0 Å². The molecule has 5 unspecified atom stereocenters. The van der Waals surface area contributed by atoms with Crippen LogP contribution in [0.1, 0.15) is 61.5 Å². The van der Waals surface area contributed by atoms with Crippen LogP contribution in [0.4, 0.5) is 9.18 Å². The second kappa shape index (κ2) is 6.95. The van der Waals surface area contributed by atoms with E-state index in [0.29, 0.717) is 36.0 Å². The lowest BCUT2D eigenvalue weighted by atomic mass is 9.50. The molecule has 3 amide bonds. The molecule has 0 saturated heterocycles. The van der Waals surface area contributed by atoms with Crippen molar-refractivity contribution in [2.75, 3.05) is 6.54 Å². The fraction of sp³-hybridized carbons (Fsp3) is 0.577. The van der Waals surface area contributed by atoms with Crippen molar-refractivity contribution < 1.29 is 14.0 Å². The highest BCUT2D eigenvalue weighted by Gasteiger charge is 2.83. The van der Waals surface area contributed by atoms with E-state index in [1.165, 1.54) is 24.6 Å². The number of nitrogens with two attached hydrogens (primary N) is 1. The summed E-state index contributed by atoms with van der Waals surface area (Å²) in [4.78, 5) is 27.7. The van der Waals surface area contributed by atoms with Gasteiger partial charge >= 0.3 is 6.03 Å². The normalized spacial score (nSPS) is 37.4. The Bertz CT molecular complexity index is 1360. The van der Waals surface area contributed by atoms with Crippen molar-refractivity contribution in [3.63, 3.8) is 0 Å². The number of hydrogen-bond acceptors (Lipinski definition) is 3. The largest absolute Gasteiger partial charge is 0.365 e. The highest BCUT2D eigenvalue weighted by molar-refractivity contribution is 6.31. The van der Waals surface area contributed by atoms with E-state index in [1.807, 2.05) is 0 Å². The molecule has 1 aliphatic heterocycles. The number of benzene rings is 1. The van der Waals surface area contributed by atoms with E-state index in [9.17, 15) is 14.0 Å². The van der Waals surface area contributed by atoms with Crippen LogP contribution >= 0.6 is 23.2 Å². The molecule has 3 N–H and O–H groups in total. The number of hydrogen-bond donors (Lipinski definition) is 2. The number of aromatic nitrogens is 2. The average Bonchev–Trinajstić information content (AvgIpc) is 3.31.